The molecule has 0 bridgehead atoms. The zero-order valence-corrected chi connectivity index (χ0v) is 19.9. The Morgan fingerprint density at radius 2 is 1.90 bits per heavy atom. The predicted molar refractivity (Wildman–Crippen MR) is 131 cm³/mol. The van der Waals surface area contributed by atoms with E-state index >= 15 is 0 Å². The number of nitrogens with zero attached hydrogens (tertiary/aromatic N) is 2. The van der Waals surface area contributed by atoms with Crippen LogP contribution in [0.25, 0.3) is 0 Å². The van der Waals surface area contributed by atoms with Crippen LogP contribution in [-0.4, -0.2) is 44.1 Å². The highest BCUT2D eigenvalue weighted by atomic mass is 127. The molecule has 2 N–H and O–H groups in total. The molecule has 1 aliphatic heterocycles. The third-order valence-electron chi connectivity index (χ3n) is 5.37. The van der Waals surface area contributed by atoms with Crippen LogP contribution in [0.5, 0.6) is 5.75 Å². The van der Waals surface area contributed by atoms with Gasteiger partial charge in [0.05, 0.1) is 12.6 Å². The first-order chi connectivity index (χ1) is 13.7. The summed E-state index contributed by atoms with van der Waals surface area (Å²) in [7, 11) is 4.01. The lowest BCUT2D eigenvalue weighted by molar-refractivity contribution is 0.238. The SMILES string of the molecule is CN=C(NCCC(C)N(C)Cc1ccccc1)NC1CCOc2ccccc21.I. The zero-order chi connectivity index (χ0) is 19.8. The van der Waals surface area contributed by atoms with Crippen LogP contribution in [0, 0.1) is 0 Å². The lowest BCUT2D eigenvalue weighted by Crippen LogP contribution is -2.42. The van der Waals surface area contributed by atoms with E-state index in [1.165, 1.54) is 11.1 Å². The second-order valence-electron chi connectivity index (χ2n) is 7.41. The van der Waals surface area contributed by atoms with Gasteiger partial charge in [0.2, 0.25) is 0 Å². The van der Waals surface area contributed by atoms with Crippen molar-refractivity contribution in [3.63, 3.8) is 0 Å². The maximum Gasteiger partial charge on any atom is 0.191 e. The first-order valence-corrected chi connectivity index (χ1v) is 10.1. The lowest BCUT2D eigenvalue weighted by Gasteiger charge is -2.28. The molecule has 3 rings (SSSR count). The van der Waals surface area contributed by atoms with Crippen LogP contribution >= 0.6 is 24.0 Å². The van der Waals surface area contributed by atoms with Crippen LogP contribution in [-0.2, 0) is 6.54 Å². The Balaban J connectivity index is 0.00000300. The third-order valence-corrected chi connectivity index (χ3v) is 5.37. The normalized spacial score (nSPS) is 17.0. The van der Waals surface area contributed by atoms with E-state index in [4.69, 9.17) is 4.74 Å². The third kappa shape index (κ3) is 6.89. The molecule has 0 saturated heterocycles. The van der Waals surface area contributed by atoms with E-state index in [0.717, 1.165) is 44.2 Å². The van der Waals surface area contributed by atoms with Gasteiger partial charge >= 0.3 is 0 Å². The van der Waals surface area contributed by atoms with Crippen molar-refractivity contribution in [3.8, 4) is 5.75 Å². The van der Waals surface area contributed by atoms with E-state index in [1.807, 2.05) is 19.2 Å². The fraction of sp³-hybridized carbons (Fsp3) is 0.435. The van der Waals surface area contributed by atoms with E-state index in [0.29, 0.717) is 6.04 Å². The molecule has 1 aliphatic rings. The molecule has 1 heterocycles. The Kier molecular flexibility index (Phi) is 9.73. The van der Waals surface area contributed by atoms with Crippen molar-refractivity contribution in [2.24, 2.45) is 4.99 Å². The highest BCUT2D eigenvalue weighted by molar-refractivity contribution is 14.0. The maximum absolute atomic E-state index is 5.75. The summed E-state index contributed by atoms with van der Waals surface area (Å²) in [6.07, 6.45) is 1.99. The number of hydrogen-bond donors (Lipinski definition) is 2. The summed E-state index contributed by atoms with van der Waals surface area (Å²) >= 11 is 0. The molecule has 2 aromatic rings. The first kappa shape index (κ1) is 23.5. The Hall–Kier alpha value is -1.80. The summed E-state index contributed by atoms with van der Waals surface area (Å²) in [6.45, 7) is 4.85. The summed E-state index contributed by atoms with van der Waals surface area (Å²) in [5, 5.41) is 7.02. The molecule has 0 aromatic heterocycles. The number of para-hydroxylation sites is 1. The second-order valence-corrected chi connectivity index (χ2v) is 7.41. The Bertz CT molecular complexity index is 768. The van der Waals surface area contributed by atoms with Crippen LogP contribution in [0.1, 0.15) is 36.9 Å². The van der Waals surface area contributed by atoms with Crippen molar-refractivity contribution < 1.29 is 4.74 Å². The number of benzene rings is 2. The van der Waals surface area contributed by atoms with E-state index in [9.17, 15) is 0 Å². The van der Waals surface area contributed by atoms with Crippen LogP contribution in [0.15, 0.2) is 59.6 Å². The van der Waals surface area contributed by atoms with E-state index in [2.05, 4.69) is 77.0 Å². The minimum atomic E-state index is 0. The van der Waals surface area contributed by atoms with Crippen molar-refractivity contribution in [1.82, 2.24) is 15.5 Å². The predicted octanol–water partition coefficient (Wildman–Crippen LogP) is 4.20. The van der Waals surface area contributed by atoms with Gasteiger partial charge < -0.3 is 15.4 Å². The quantitative estimate of drug-likeness (QED) is 0.335. The van der Waals surface area contributed by atoms with E-state index < -0.39 is 0 Å². The number of halogens is 1. The topological polar surface area (TPSA) is 48.9 Å². The minimum Gasteiger partial charge on any atom is -0.493 e. The smallest absolute Gasteiger partial charge is 0.191 e. The standard InChI is InChI=1S/C23H32N4O.HI/c1-18(27(3)17-19-9-5-4-6-10-19)13-15-25-23(24-2)26-21-14-16-28-22-12-8-7-11-20(21)22;/h4-12,18,21H,13-17H2,1-3H3,(H2,24,25,26);1H. The summed E-state index contributed by atoms with van der Waals surface area (Å²) in [6, 6.07) is 19.6. The van der Waals surface area contributed by atoms with Gasteiger partial charge in [-0.15, -0.1) is 24.0 Å². The molecular weight excluding hydrogens is 475 g/mol. The van der Waals surface area contributed by atoms with Crippen LogP contribution in [0.2, 0.25) is 0 Å². The van der Waals surface area contributed by atoms with Gasteiger partial charge in [0.25, 0.3) is 0 Å². The highest BCUT2D eigenvalue weighted by Crippen LogP contribution is 2.31. The lowest BCUT2D eigenvalue weighted by atomic mass is 10.0. The van der Waals surface area contributed by atoms with Crippen LogP contribution < -0.4 is 15.4 Å². The molecule has 0 spiro atoms. The summed E-state index contributed by atoms with van der Waals surface area (Å²) in [5.74, 6) is 1.82. The molecule has 2 aromatic carbocycles. The van der Waals surface area contributed by atoms with Crippen molar-refractivity contribution in [3.05, 3.63) is 65.7 Å². The number of nitrogens with one attached hydrogen (secondary N) is 2. The number of ether oxygens (including phenoxy) is 1. The van der Waals surface area contributed by atoms with Crippen LogP contribution in [0.4, 0.5) is 0 Å². The summed E-state index contributed by atoms with van der Waals surface area (Å²) < 4.78 is 5.75. The van der Waals surface area contributed by atoms with Crippen molar-refractivity contribution in [1.29, 1.82) is 0 Å². The molecule has 29 heavy (non-hydrogen) atoms. The van der Waals surface area contributed by atoms with Crippen LogP contribution in [0.3, 0.4) is 0 Å². The monoisotopic (exact) mass is 508 g/mol. The Morgan fingerprint density at radius 1 is 1.17 bits per heavy atom. The molecule has 2 atom stereocenters. The highest BCUT2D eigenvalue weighted by Gasteiger charge is 2.21. The van der Waals surface area contributed by atoms with Gasteiger partial charge in [0, 0.05) is 38.2 Å². The minimum absolute atomic E-state index is 0. The van der Waals surface area contributed by atoms with Gasteiger partial charge in [-0.25, -0.2) is 0 Å². The number of hydrogen-bond acceptors (Lipinski definition) is 3. The average Bonchev–Trinajstić information content (AvgIpc) is 2.73. The Morgan fingerprint density at radius 3 is 2.66 bits per heavy atom. The van der Waals surface area contributed by atoms with Crippen molar-refractivity contribution >= 4 is 29.9 Å². The Labute approximate surface area is 192 Å². The van der Waals surface area contributed by atoms with Gasteiger partial charge in [-0.2, -0.15) is 0 Å². The molecule has 0 aliphatic carbocycles. The number of rotatable bonds is 7. The number of guanidine groups is 1. The largest absolute Gasteiger partial charge is 0.493 e. The fourth-order valence-corrected chi connectivity index (χ4v) is 3.50. The van der Waals surface area contributed by atoms with Gasteiger partial charge in [0.1, 0.15) is 5.75 Å². The molecule has 6 heteroatoms. The molecule has 0 amide bonds. The second kappa shape index (κ2) is 12.0. The van der Waals surface area contributed by atoms with Gasteiger partial charge in [-0.05, 0) is 32.0 Å². The number of aliphatic imine (C=N–C) groups is 1. The number of fused-ring (bicyclic) bond motifs is 1. The van der Waals surface area contributed by atoms with Crippen molar-refractivity contribution in [2.75, 3.05) is 27.2 Å². The van der Waals surface area contributed by atoms with Gasteiger partial charge in [-0.3, -0.25) is 9.89 Å². The average molecular weight is 508 g/mol. The van der Waals surface area contributed by atoms with E-state index in [-0.39, 0.29) is 30.0 Å². The molecular formula is C23H33IN4O. The summed E-state index contributed by atoms with van der Waals surface area (Å²) in [4.78, 5) is 6.80. The maximum atomic E-state index is 5.75. The molecule has 158 valence electrons. The van der Waals surface area contributed by atoms with E-state index in [1.54, 1.807) is 0 Å². The van der Waals surface area contributed by atoms with Crippen molar-refractivity contribution in [2.45, 2.75) is 38.4 Å². The molecule has 0 radical (unpaired) electrons. The molecule has 0 fully saturated rings. The molecule has 0 saturated carbocycles. The fourth-order valence-electron chi connectivity index (χ4n) is 3.50. The molecule has 5 nitrogen and oxygen atoms in total. The zero-order valence-electron chi connectivity index (χ0n) is 17.6. The van der Waals surface area contributed by atoms with Gasteiger partial charge in [-0.1, -0.05) is 48.5 Å². The molecule has 2 unspecified atom stereocenters. The first-order valence-electron chi connectivity index (χ1n) is 10.1. The summed E-state index contributed by atoms with van der Waals surface area (Å²) in [5.41, 5.74) is 2.55. The van der Waals surface area contributed by atoms with Gasteiger partial charge in [0.15, 0.2) is 5.96 Å².